The zero-order valence-corrected chi connectivity index (χ0v) is 12.9. The van der Waals surface area contributed by atoms with Crippen LogP contribution in [-0.4, -0.2) is 12.0 Å². The Labute approximate surface area is 130 Å². The molecule has 4 heteroatoms. The normalized spacial score (nSPS) is 11.4. The van der Waals surface area contributed by atoms with Gasteiger partial charge < -0.3 is 10.1 Å². The fourth-order valence-electron chi connectivity index (χ4n) is 2.19. The summed E-state index contributed by atoms with van der Waals surface area (Å²) >= 11 is 0. The highest BCUT2D eigenvalue weighted by Crippen LogP contribution is 2.17. The van der Waals surface area contributed by atoms with Gasteiger partial charge in [0, 0.05) is 5.69 Å². The fourth-order valence-corrected chi connectivity index (χ4v) is 2.19. The van der Waals surface area contributed by atoms with Crippen molar-refractivity contribution in [2.75, 3.05) is 5.32 Å². The standard InChI is InChI=1S/C18H18N2O2/c1-12-7-13(2)9-16(8-12)20-18(21)14(3)22-17-6-4-5-15(10-17)11-19/h4-10,14H,1-3H3,(H,20,21). The molecule has 1 unspecified atom stereocenters. The van der Waals surface area contributed by atoms with E-state index in [1.807, 2.05) is 38.1 Å². The average molecular weight is 294 g/mol. The summed E-state index contributed by atoms with van der Waals surface area (Å²) < 4.78 is 5.59. The highest BCUT2D eigenvalue weighted by Gasteiger charge is 2.15. The van der Waals surface area contributed by atoms with E-state index < -0.39 is 6.10 Å². The smallest absolute Gasteiger partial charge is 0.265 e. The van der Waals surface area contributed by atoms with Crippen LogP contribution in [0.5, 0.6) is 5.75 Å². The van der Waals surface area contributed by atoms with Crippen molar-refractivity contribution in [3.63, 3.8) is 0 Å². The zero-order valence-electron chi connectivity index (χ0n) is 12.9. The molecule has 0 heterocycles. The summed E-state index contributed by atoms with van der Waals surface area (Å²) in [6.45, 7) is 5.64. The quantitative estimate of drug-likeness (QED) is 0.937. The molecule has 0 radical (unpaired) electrons. The molecule has 0 bridgehead atoms. The number of carbonyl (C=O) groups excluding carboxylic acids is 1. The average Bonchev–Trinajstić information content (AvgIpc) is 2.46. The van der Waals surface area contributed by atoms with Crippen molar-refractivity contribution in [1.82, 2.24) is 0 Å². The van der Waals surface area contributed by atoms with Gasteiger partial charge in [-0.05, 0) is 62.2 Å². The fraction of sp³-hybridized carbons (Fsp3) is 0.222. The maximum absolute atomic E-state index is 12.2. The minimum Gasteiger partial charge on any atom is -0.481 e. The van der Waals surface area contributed by atoms with Crippen molar-refractivity contribution < 1.29 is 9.53 Å². The summed E-state index contributed by atoms with van der Waals surface area (Å²) in [7, 11) is 0. The molecule has 0 fully saturated rings. The van der Waals surface area contributed by atoms with Gasteiger partial charge in [-0.2, -0.15) is 5.26 Å². The van der Waals surface area contributed by atoms with Crippen LogP contribution in [0.4, 0.5) is 5.69 Å². The van der Waals surface area contributed by atoms with Crippen LogP contribution in [0.1, 0.15) is 23.6 Å². The van der Waals surface area contributed by atoms with E-state index in [2.05, 4.69) is 5.32 Å². The Bertz CT molecular complexity index is 712. The van der Waals surface area contributed by atoms with Crippen molar-refractivity contribution >= 4 is 11.6 Å². The second-order valence-corrected chi connectivity index (χ2v) is 5.27. The van der Waals surface area contributed by atoms with E-state index in [9.17, 15) is 4.79 Å². The maximum atomic E-state index is 12.2. The number of amides is 1. The minimum absolute atomic E-state index is 0.229. The van der Waals surface area contributed by atoms with Crippen LogP contribution in [0.3, 0.4) is 0 Å². The minimum atomic E-state index is -0.658. The van der Waals surface area contributed by atoms with Crippen molar-refractivity contribution in [3.8, 4) is 11.8 Å². The Morgan fingerprint density at radius 3 is 2.50 bits per heavy atom. The van der Waals surface area contributed by atoms with Crippen LogP contribution in [-0.2, 0) is 4.79 Å². The maximum Gasteiger partial charge on any atom is 0.265 e. The van der Waals surface area contributed by atoms with Gasteiger partial charge in [0.1, 0.15) is 5.75 Å². The van der Waals surface area contributed by atoms with Crippen LogP contribution in [0.2, 0.25) is 0 Å². The van der Waals surface area contributed by atoms with E-state index in [-0.39, 0.29) is 5.91 Å². The third-order valence-corrected chi connectivity index (χ3v) is 3.13. The van der Waals surface area contributed by atoms with Crippen LogP contribution < -0.4 is 10.1 Å². The first kappa shape index (κ1) is 15.6. The Balaban J connectivity index is 2.04. The van der Waals surface area contributed by atoms with Gasteiger partial charge in [-0.3, -0.25) is 4.79 Å². The molecule has 1 amide bonds. The van der Waals surface area contributed by atoms with Gasteiger partial charge in [-0.25, -0.2) is 0 Å². The highest BCUT2D eigenvalue weighted by atomic mass is 16.5. The molecule has 2 aromatic carbocycles. The molecule has 112 valence electrons. The summed E-state index contributed by atoms with van der Waals surface area (Å²) in [5.41, 5.74) is 3.43. The molecule has 22 heavy (non-hydrogen) atoms. The monoisotopic (exact) mass is 294 g/mol. The van der Waals surface area contributed by atoms with Gasteiger partial charge in [0.05, 0.1) is 11.6 Å². The van der Waals surface area contributed by atoms with E-state index in [0.29, 0.717) is 11.3 Å². The first-order valence-corrected chi connectivity index (χ1v) is 7.04. The number of hydrogen-bond acceptors (Lipinski definition) is 3. The van der Waals surface area contributed by atoms with Gasteiger partial charge in [-0.15, -0.1) is 0 Å². The van der Waals surface area contributed by atoms with E-state index in [1.54, 1.807) is 31.2 Å². The third-order valence-electron chi connectivity index (χ3n) is 3.13. The Hall–Kier alpha value is -2.80. The van der Waals surface area contributed by atoms with Gasteiger partial charge >= 0.3 is 0 Å². The SMILES string of the molecule is Cc1cc(C)cc(NC(=O)C(C)Oc2cccc(C#N)c2)c1. The van der Waals surface area contributed by atoms with Crippen molar-refractivity contribution in [2.24, 2.45) is 0 Å². The number of anilines is 1. The number of rotatable bonds is 4. The number of nitrogens with one attached hydrogen (secondary N) is 1. The first-order chi connectivity index (χ1) is 10.5. The van der Waals surface area contributed by atoms with Crippen molar-refractivity contribution in [2.45, 2.75) is 26.9 Å². The molecule has 0 aliphatic carbocycles. The summed E-state index contributed by atoms with van der Waals surface area (Å²) in [4.78, 5) is 12.2. The van der Waals surface area contributed by atoms with E-state index in [0.717, 1.165) is 16.8 Å². The van der Waals surface area contributed by atoms with Gasteiger partial charge in [-0.1, -0.05) is 12.1 Å². The van der Waals surface area contributed by atoms with Crippen LogP contribution in [0, 0.1) is 25.2 Å². The van der Waals surface area contributed by atoms with Crippen LogP contribution in [0.15, 0.2) is 42.5 Å². The Morgan fingerprint density at radius 1 is 1.18 bits per heavy atom. The molecule has 2 aromatic rings. The summed E-state index contributed by atoms with van der Waals surface area (Å²) in [6, 6.07) is 14.7. The van der Waals surface area contributed by atoms with E-state index >= 15 is 0 Å². The molecule has 2 rings (SSSR count). The van der Waals surface area contributed by atoms with Gasteiger partial charge in [0.2, 0.25) is 0 Å². The topological polar surface area (TPSA) is 62.1 Å². The number of benzene rings is 2. The van der Waals surface area contributed by atoms with Gasteiger partial charge in [0.15, 0.2) is 6.10 Å². The summed E-state index contributed by atoms with van der Waals surface area (Å²) in [6.07, 6.45) is -0.658. The molecule has 0 aliphatic heterocycles. The summed E-state index contributed by atoms with van der Waals surface area (Å²) in [5, 5.41) is 11.7. The number of nitriles is 1. The van der Waals surface area contributed by atoms with E-state index in [1.165, 1.54) is 0 Å². The van der Waals surface area contributed by atoms with Crippen LogP contribution in [0.25, 0.3) is 0 Å². The number of aryl methyl sites for hydroxylation is 2. The zero-order chi connectivity index (χ0) is 16.1. The number of ether oxygens (including phenoxy) is 1. The van der Waals surface area contributed by atoms with Crippen molar-refractivity contribution in [3.05, 3.63) is 59.2 Å². The molecular weight excluding hydrogens is 276 g/mol. The molecule has 0 spiro atoms. The number of carbonyl (C=O) groups is 1. The van der Waals surface area contributed by atoms with Gasteiger partial charge in [0.25, 0.3) is 5.91 Å². The largest absolute Gasteiger partial charge is 0.481 e. The lowest BCUT2D eigenvalue weighted by molar-refractivity contribution is -0.122. The lowest BCUT2D eigenvalue weighted by Gasteiger charge is -2.15. The second kappa shape index (κ2) is 6.77. The molecule has 0 aliphatic rings. The predicted octanol–water partition coefficient (Wildman–Crippen LogP) is 3.58. The molecule has 4 nitrogen and oxygen atoms in total. The van der Waals surface area contributed by atoms with E-state index in [4.69, 9.17) is 10.00 Å². The first-order valence-electron chi connectivity index (χ1n) is 7.04. The third kappa shape index (κ3) is 4.10. The number of hydrogen-bond donors (Lipinski definition) is 1. The molecule has 0 aromatic heterocycles. The Morgan fingerprint density at radius 2 is 1.86 bits per heavy atom. The molecule has 0 saturated heterocycles. The molecular formula is C18H18N2O2. The van der Waals surface area contributed by atoms with Crippen molar-refractivity contribution in [1.29, 1.82) is 5.26 Å². The Kier molecular flexibility index (Phi) is 4.80. The molecule has 1 atom stereocenters. The molecule has 0 saturated carbocycles. The number of nitrogens with zero attached hydrogens (tertiary/aromatic N) is 1. The predicted molar refractivity (Wildman–Crippen MR) is 85.8 cm³/mol. The second-order valence-electron chi connectivity index (χ2n) is 5.27. The molecule has 1 N–H and O–H groups in total. The lowest BCUT2D eigenvalue weighted by atomic mass is 10.1. The van der Waals surface area contributed by atoms with Crippen LogP contribution >= 0.6 is 0 Å². The summed E-state index contributed by atoms with van der Waals surface area (Å²) in [5.74, 6) is 0.273. The lowest BCUT2D eigenvalue weighted by Crippen LogP contribution is -2.30. The highest BCUT2D eigenvalue weighted by molar-refractivity contribution is 5.94.